The number of hydrogen-bond donors (Lipinski definition) is 2. The molecule has 1 aromatic rings. The van der Waals surface area contributed by atoms with Gasteiger partial charge in [0.25, 0.3) is 5.91 Å². The third-order valence-corrected chi connectivity index (χ3v) is 2.87. The summed E-state index contributed by atoms with van der Waals surface area (Å²) in [6.45, 7) is 2.96. The first-order valence-electron chi connectivity index (χ1n) is 5.80. The molecule has 0 radical (unpaired) electrons. The van der Waals surface area contributed by atoms with E-state index in [2.05, 4.69) is 5.32 Å². The number of hydrogen-bond acceptors (Lipinski definition) is 3. The largest absolute Gasteiger partial charge is 0.482 e. The third kappa shape index (κ3) is 5.67. The fourth-order valence-corrected chi connectivity index (χ4v) is 1.90. The van der Waals surface area contributed by atoms with E-state index < -0.39 is 17.4 Å². The molecule has 0 saturated heterocycles. The molecule has 2 N–H and O–H groups in total. The lowest BCUT2D eigenvalue weighted by molar-refractivity contribution is -0.138. The van der Waals surface area contributed by atoms with Gasteiger partial charge in [0.05, 0.1) is 11.4 Å². The van der Waals surface area contributed by atoms with E-state index in [9.17, 15) is 9.59 Å². The van der Waals surface area contributed by atoms with Crippen LogP contribution in [0.1, 0.15) is 20.3 Å². The molecule has 0 heterocycles. The van der Waals surface area contributed by atoms with Crippen LogP contribution in [0.5, 0.6) is 5.75 Å². The second kappa shape index (κ2) is 6.81. The van der Waals surface area contributed by atoms with E-state index >= 15 is 0 Å². The van der Waals surface area contributed by atoms with Gasteiger partial charge in [-0.15, -0.1) is 0 Å². The minimum atomic E-state index is -0.992. The number of halogens is 2. The zero-order valence-corrected chi connectivity index (χ0v) is 12.6. The van der Waals surface area contributed by atoms with Gasteiger partial charge in [0, 0.05) is 16.6 Å². The van der Waals surface area contributed by atoms with Crippen LogP contribution in [0.15, 0.2) is 18.2 Å². The summed E-state index contributed by atoms with van der Waals surface area (Å²) < 4.78 is 5.25. The third-order valence-electron chi connectivity index (χ3n) is 2.32. The number of aliphatic carboxylic acids is 1. The summed E-state index contributed by atoms with van der Waals surface area (Å²) in [5, 5.41) is 12.1. The molecular weight excluding hydrogens is 305 g/mol. The summed E-state index contributed by atoms with van der Waals surface area (Å²) in [4.78, 5) is 22.3. The molecule has 20 heavy (non-hydrogen) atoms. The molecule has 110 valence electrons. The molecule has 0 bridgehead atoms. The van der Waals surface area contributed by atoms with Crippen LogP contribution in [0.2, 0.25) is 10.0 Å². The van der Waals surface area contributed by atoms with Crippen molar-refractivity contribution in [2.24, 2.45) is 0 Å². The lowest BCUT2D eigenvalue weighted by atomic mass is 10.0. The quantitative estimate of drug-likeness (QED) is 0.845. The van der Waals surface area contributed by atoms with Crippen molar-refractivity contribution in [3.8, 4) is 5.75 Å². The maximum atomic E-state index is 11.7. The van der Waals surface area contributed by atoms with Crippen LogP contribution in [-0.4, -0.2) is 29.1 Å². The van der Waals surface area contributed by atoms with Crippen LogP contribution in [0.25, 0.3) is 0 Å². The monoisotopic (exact) mass is 319 g/mol. The average molecular weight is 320 g/mol. The van der Waals surface area contributed by atoms with Crippen LogP contribution in [0.4, 0.5) is 0 Å². The lowest BCUT2D eigenvalue weighted by Gasteiger charge is -2.24. The van der Waals surface area contributed by atoms with Gasteiger partial charge >= 0.3 is 5.97 Å². The van der Waals surface area contributed by atoms with Gasteiger partial charge in [-0.2, -0.15) is 0 Å². The fraction of sp³-hybridized carbons (Fsp3) is 0.385. The summed E-state index contributed by atoms with van der Waals surface area (Å²) in [6, 6.07) is 4.66. The van der Waals surface area contributed by atoms with Crippen LogP contribution in [-0.2, 0) is 9.59 Å². The molecule has 1 rings (SSSR count). The SMILES string of the molecule is CC(C)(CC(=O)O)NC(=O)COc1cc(Cl)ccc1Cl. The van der Waals surface area contributed by atoms with Crippen LogP contribution in [0, 0.1) is 0 Å². The highest BCUT2D eigenvalue weighted by atomic mass is 35.5. The molecule has 0 saturated carbocycles. The molecule has 1 aromatic carbocycles. The Hall–Kier alpha value is -1.46. The van der Waals surface area contributed by atoms with E-state index in [4.69, 9.17) is 33.0 Å². The number of carboxylic acid groups (broad SMARTS) is 1. The summed E-state index contributed by atoms with van der Waals surface area (Å²) in [5.74, 6) is -1.13. The highest BCUT2D eigenvalue weighted by molar-refractivity contribution is 6.34. The minimum Gasteiger partial charge on any atom is -0.482 e. The van der Waals surface area contributed by atoms with Crippen molar-refractivity contribution in [2.45, 2.75) is 25.8 Å². The van der Waals surface area contributed by atoms with Crippen molar-refractivity contribution in [1.82, 2.24) is 5.32 Å². The molecule has 0 aromatic heterocycles. The van der Waals surface area contributed by atoms with Gasteiger partial charge in [-0.05, 0) is 26.0 Å². The van der Waals surface area contributed by atoms with Gasteiger partial charge in [0.15, 0.2) is 6.61 Å². The lowest BCUT2D eigenvalue weighted by Crippen LogP contribution is -2.46. The van der Waals surface area contributed by atoms with E-state index in [1.807, 2.05) is 0 Å². The normalized spacial score (nSPS) is 11.0. The van der Waals surface area contributed by atoms with E-state index in [1.54, 1.807) is 26.0 Å². The molecule has 0 atom stereocenters. The predicted molar refractivity (Wildman–Crippen MR) is 76.4 cm³/mol. The molecule has 0 aliphatic heterocycles. The number of benzene rings is 1. The standard InChI is InChI=1S/C13H15Cl2NO4/c1-13(2,6-12(18)19)16-11(17)7-20-10-5-8(14)3-4-9(10)15/h3-5H,6-7H2,1-2H3,(H,16,17)(H,18,19). The maximum absolute atomic E-state index is 11.7. The topological polar surface area (TPSA) is 75.6 Å². The van der Waals surface area contributed by atoms with Gasteiger partial charge < -0.3 is 15.2 Å². The number of carbonyl (C=O) groups is 2. The van der Waals surface area contributed by atoms with Crippen molar-refractivity contribution in [2.75, 3.05) is 6.61 Å². The second-order valence-electron chi connectivity index (χ2n) is 4.87. The predicted octanol–water partition coefficient (Wildman–Crippen LogP) is 2.74. The van der Waals surface area contributed by atoms with Crippen LogP contribution < -0.4 is 10.1 Å². The van der Waals surface area contributed by atoms with E-state index in [-0.39, 0.29) is 13.0 Å². The Morgan fingerprint density at radius 1 is 1.35 bits per heavy atom. The summed E-state index contributed by atoms with van der Waals surface area (Å²) in [7, 11) is 0. The molecular formula is C13H15Cl2NO4. The molecule has 0 aliphatic carbocycles. The first-order chi connectivity index (χ1) is 9.19. The molecule has 5 nitrogen and oxygen atoms in total. The zero-order valence-electron chi connectivity index (χ0n) is 11.1. The number of carboxylic acids is 1. The highest BCUT2D eigenvalue weighted by Crippen LogP contribution is 2.27. The maximum Gasteiger partial charge on any atom is 0.305 e. The minimum absolute atomic E-state index is 0.184. The number of rotatable bonds is 6. The van der Waals surface area contributed by atoms with Crippen molar-refractivity contribution in [3.63, 3.8) is 0 Å². The number of carbonyl (C=O) groups excluding carboxylic acids is 1. The van der Waals surface area contributed by atoms with Gasteiger partial charge in [0.2, 0.25) is 0 Å². The summed E-state index contributed by atoms with van der Waals surface area (Å²) in [6.07, 6.45) is -0.184. The van der Waals surface area contributed by atoms with Crippen LogP contribution in [0.3, 0.4) is 0 Å². The van der Waals surface area contributed by atoms with Gasteiger partial charge in [-0.3, -0.25) is 9.59 Å². The Balaban J connectivity index is 2.55. The first-order valence-corrected chi connectivity index (χ1v) is 6.56. The van der Waals surface area contributed by atoms with Crippen molar-refractivity contribution in [1.29, 1.82) is 0 Å². The zero-order chi connectivity index (χ0) is 15.3. The molecule has 0 fully saturated rings. The fourth-order valence-electron chi connectivity index (χ4n) is 1.57. The molecule has 1 amide bonds. The first kappa shape index (κ1) is 16.6. The van der Waals surface area contributed by atoms with Crippen molar-refractivity contribution in [3.05, 3.63) is 28.2 Å². The Bertz CT molecular complexity index is 517. The van der Waals surface area contributed by atoms with Gasteiger partial charge in [0.1, 0.15) is 5.75 Å². The average Bonchev–Trinajstić information content (AvgIpc) is 2.27. The van der Waals surface area contributed by atoms with Crippen molar-refractivity contribution >= 4 is 35.1 Å². The molecule has 0 spiro atoms. The van der Waals surface area contributed by atoms with Crippen LogP contribution >= 0.6 is 23.2 Å². The Labute approximate surface area is 126 Å². The van der Waals surface area contributed by atoms with Crippen molar-refractivity contribution < 1.29 is 19.4 Å². The highest BCUT2D eigenvalue weighted by Gasteiger charge is 2.24. The molecule has 7 heteroatoms. The number of amides is 1. The Morgan fingerprint density at radius 2 is 2.00 bits per heavy atom. The molecule has 0 aliphatic rings. The Morgan fingerprint density at radius 3 is 2.60 bits per heavy atom. The van der Waals surface area contributed by atoms with Gasteiger partial charge in [-0.25, -0.2) is 0 Å². The second-order valence-corrected chi connectivity index (χ2v) is 5.71. The summed E-state index contributed by atoms with van der Waals surface area (Å²) >= 11 is 11.7. The number of ether oxygens (including phenoxy) is 1. The smallest absolute Gasteiger partial charge is 0.305 e. The molecule has 0 unspecified atom stereocenters. The van der Waals surface area contributed by atoms with Gasteiger partial charge in [-0.1, -0.05) is 23.2 Å². The van der Waals surface area contributed by atoms with E-state index in [0.29, 0.717) is 15.8 Å². The van der Waals surface area contributed by atoms with E-state index in [0.717, 1.165) is 0 Å². The number of nitrogens with one attached hydrogen (secondary N) is 1. The Kier molecular flexibility index (Phi) is 5.65. The van der Waals surface area contributed by atoms with E-state index in [1.165, 1.54) is 6.07 Å². The summed E-state index contributed by atoms with van der Waals surface area (Å²) in [5.41, 5.74) is -0.857.